The van der Waals surface area contributed by atoms with Crippen LogP contribution in [0.1, 0.15) is 74.1 Å². The van der Waals surface area contributed by atoms with E-state index < -0.39 is 0 Å². The van der Waals surface area contributed by atoms with Crippen LogP contribution in [0.2, 0.25) is 0 Å². The summed E-state index contributed by atoms with van der Waals surface area (Å²) in [5.41, 5.74) is 1.45. The summed E-state index contributed by atoms with van der Waals surface area (Å²) in [4.78, 5) is 12.1. The maximum Gasteiger partial charge on any atom is 0.247 e. The molecule has 25 heavy (non-hydrogen) atoms. The van der Waals surface area contributed by atoms with Gasteiger partial charge in [-0.1, -0.05) is 53.3 Å². The van der Waals surface area contributed by atoms with Gasteiger partial charge in [0.05, 0.1) is 0 Å². The van der Waals surface area contributed by atoms with E-state index in [9.17, 15) is 4.79 Å². The highest BCUT2D eigenvalue weighted by Gasteiger charge is 2.37. The van der Waals surface area contributed by atoms with Crippen LogP contribution < -0.4 is 10.6 Å². The van der Waals surface area contributed by atoms with Gasteiger partial charge in [0.2, 0.25) is 5.91 Å². The minimum atomic E-state index is -0.0115. The number of hydrogen-bond acceptors (Lipinski definition) is 2. The zero-order chi connectivity index (χ0) is 19.3. The molecule has 1 aliphatic carbocycles. The average Bonchev–Trinajstić information content (AvgIpc) is 2.47. The second kappa shape index (κ2) is 9.02. The van der Waals surface area contributed by atoms with Crippen molar-refractivity contribution in [1.29, 1.82) is 0 Å². The van der Waals surface area contributed by atoms with E-state index in [0.29, 0.717) is 22.4 Å². The summed E-state index contributed by atoms with van der Waals surface area (Å²) in [6.07, 6.45) is 8.33. The van der Waals surface area contributed by atoms with Gasteiger partial charge >= 0.3 is 0 Å². The van der Waals surface area contributed by atoms with Crippen LogP contribution in [-0.2, 0) is 4.79 Å². The summed E-state index contributed by atoms with van der Waals surface area (Å²) in [5, 5.41) is 6.77. The highest BCUT2D eigenvalue weighted by molar-refractivity contribution is 5.93. The first-order valence-corrected chi connectivity index (χ1v) is 9.80. The maximum atomic E-state index is 12.1. The first-order chi connectivity index (χ1) is 11.5. The Balaban J connectivity index is 2.57. The zero-order valence-corrected chi connectivity index (χ0v) is 17.5. The summed E-state index contributed by atoms with van der Waals surface area (Å²) in [6.45, 7) is 20.4. The predicted molar refractivity (Wildman–Crippen MR) is 109 cm³/mol. The predicted octanol–water partition coefficient (Wildman–Crippen LogP) is 4.84. The maximum absolute atomic E-state index is 12.1. The van der Waals surface area contributed by atoms with Crippen LogP contribution in [0.25, 0.3) is 0 Å². The van der Waals surface area contributed by atoms with Gasteiger partial charge in [0.25, 0.3) is 0 Å². The van der Waals surface area contributed by atoms with Crippen molar-refractivity contribution in [2.24, 2.45) is 16.7 Å². The van der Waals surface area contributed by atoms with Crippen molar-refractivity contribution in [3.05, 3.63) is 24.3 Å². The monoisotopic (exact) mass is 348 g/mol. The van der Waals surface area contributed by atoms with Crippen LogP contribution in [0.5, 0.6) is 0 Å². The van der Waals surface area contributed by atoms with E-state index in [0.717, 1.165) is 12.5 Å². The van der Waals surface area contributed by atoms with Crippen LogP contribution in [0, 0.1) is 16.7 Å². The lowest BCUT2D eigenvalue weighted by molar-refractivity contribution is -0.118. The van der Waals surface area contributed by atoms with Crippen molar-refractivity contribution in [3.63, 3.8) is 0 Å². The van der Waals surface area contributed by atoms with E-state index in [2.05, 4.69) is 58.8 Å². The number of allylic oxidation sites excluding steroid dienone is 2. The first-order valence-electron chi connectivity index (χ1n) is 9.80. The zero-order valence-electron chi connectivity index (χ0n) is 17.5. The van der Waals surface area contributed by atoms with Gasteiger partial charge in [-0.25, -0.2) is 0 Å². The Morgan fingerprint density at radius 2 is 1.92 bits per heavy atom. The van der Waals surface area contributed by atoms with Crippen LogP contribution in [0.4, 0.5) is 0 Å². The summed E-state index contributed by atoms with van der Waals surface area (Å²) in [5.74, 6) is 0.725. The minimum absolute atomic E-state index is 0.0115. The third kappa shape index (κ3) is 7.35. The fourth-order valence-electron chi connectivity index (χ4n) is 4.25. The molecule has 0 aromatic carbocycles. The number of carbonyl (C=O) groups excluding carboxylic acids is 1. The molecule has 3 atom stereocenters. The van der Waals surface area contributed by atoms with Gasteiger partial charge in [-0.05, 0) is 56.3 Å². The highest BCUT2D eigenvalue weighted by Crippen LogP contribution is 2.45. The Hall–Kier alpha value is -1.09. The van der Waals surface area contributed by atoms with Crippen molar-refractivity contribution >= 4 is 5.91 Å². The van der Waals surface area contributed by atoms with Crippen LogP contribution in [-0.4, -0.2) is 24.5 Å². The van der Waals surface area contributed by atoms with E-state index in [1.807, 2.05) is 6.92 Å². The lowest BCUT2D eigenvalue weighted by Crippen LogP contribution is -2.46. The molecule has 3 unspecified atom stereocenters. The summed E-state index contributed by atoms with van der Waals surface area (Å²) >= 11 is 0. The van der Waals surface area contributed by atoms with E-state index >= 15 is 0 Å². The molecule has 1 fully saturated rings. The molecular formula is C22H40N2O. The molecule has 0 aromatic rings. The minimum Gasteiger partial charge on any atom is -0.349 e. The topological polar surface area (TPSA) is 41.1 Å². The molecule has 3 nitrogen and oxygen atoms in total. The Morgan fingerprint density at radius 1 is 1.28 bits per heavy atom. The van der Waals surface area contributed by atoms with Crippen LogP contribution in [0.3, 0.4) is 0 Å². The number of hydrogen-bond donors (Lipinski definition) is 2. The Bertz CT molecular complexity index is 490. The molecule has 1 saturated carbocycles. The van der Waals surface area contributed by atoms with Gasteiger partial charge < -0.3 is 10.6 Å². The van der Waals surface area contributed by atoms with Gasteiger partial charge in [-0.3, -0.25) is 4.79 Å². The van der Waals surface area contributed by atoms with Gasteiger partial charge in [0, 0.05) is 24.2 Å². The quantitative estimate of drug-likeness (QED) is 0.532. The fourth-order valence-corrected chi connectivity index (χ4v) is 4.25. The first kappa shape index (κ1) is 22.0. The van der Waals surface area contributed by atoms with Gasteiger partial charge in [-0.2, -0.15) is 0 Å². The lowest BCUT2D eigenvalue weighted by Gasteiger charge is -2.44. The number of carbonyl (C=O) groups is 1. The van der Waals surface area contributed by atoms with Gasteiger partial charge in [-0.15, -0.1) is 0 Å². The smallest absolute Gasteiger partial charge is 0.247 e. The Labute approximate surface area is 155 Å². The second-order valence-electron chi connectivity index (χ2n) is 9.58. The summed E-state index contributed by atoms with van der Waals surface area (Å²) in [7, 11) is 0. The number of rotatable bonds is 6. The molecule has 0 bridgehead atoms. The van der Waals surface area contributed by atoms with E-state index in [1.165, 1.54) is 25.7 Å². The summed E-state index contributed by atoms with van der Waals surface area (Å²) in [6, 6.07) is 0.640. The van der Waals surface area contributed by atoms with Crippen LogP contribution >= 0.6 is 0 Å². The molecular weight excluding hydrogens is 308 g/mol. The molecule has 0 radical (unpaired) electrons. The third-order valence-corrected chi connectivity index (χ3v) is 5.83. The summed E-state index contributed by atoms with van der Waals surface area (Å²) < 4.78 is 0. The molecule has 1 rings (SSSR count). The molecule has 144 valence electrons. The number of nitrogens with one attached hydrogen (secondary N) is 2. The van der Waals surface area contributed by atoms with Crippen molar-refractivity contribution in [2.75, 3.05) is 6.54 Å². The molecule has 0 heterocycles. The average molecular weight is 349 g/mol. The van der Waals surface area contributed by atoms with E-state index in [4.69, 9.17) is 0 Å². The molecule has 0 aliphatic heterocycles. The van der Waals surface area contributed by atoms with Crippen molar-refractivity contribution in [2.45, 2.75) is 86.2 Å². The Kier molecular flexibility index (Phi) is 7.92. The van der Waals surface area contributed by atoms with E-state index in [1.54, 1.807) is 12.2 Å². The van der Waals surface area contributed by atoms with Crippen molar-refractivity contribution < 1.29 is 4.79 Å². The number of amides is 1. The third-order valence-electron chi connectivity index (χ3n) is 5.83. The molecule has 1 aliphatic rings. The van der Waals surface area contributed by atoms with Gasteiger partial charge in [0.15, 0.2) is 0 Å². The molecule has 0 saturated heterocycles. The fraction of sp³-hybridized carbons (Fsp3) is 0.773. The SMILES string of the molecule is C=C/C=C(\C)C(=O)NC(C)CNC1CCC(C)C(C)(C)CC(C)(C)C1. The van der Waals surface area contributed by atoms with E-state index in [-0.39, 0.29) is 11.9 Å². The molecule has 2 N–H and O–H groups in total. The lowest BCUT2D eigenvalue weighted by atomic mass is 9.63. The van der Waals surface area contributed by atoms with Crippen LogP contribution in [0.15, 0.2) is 24.3 Å². The normalized spacial score (nSPS) is 27.7. The van der Waals surface area contributed by atoms with Gasteiger partial charge in [0.1, 0.15) is 0 Å². The second-order valence-corrected chi connectivity index (χ2v) is 9.58. The van der Waals surface area contributed by atoms with Crippen molar-refractivity contribution in [3.8, 4) is 0 Å². The molecule has 3 heteroatoms. The largest absolute Gasteiger partial charge is 0.349 e. The standard InChI is InChI=1S/C22H40N2O/c1-9-10-16(2)20(25)24-18(4)14-23-19-12-11-17(3)22(7,8)15-21(5,6)13-19/h9-10,17-19,23H,1,11-15H2,2-8H3,(H,24,25)/b16-10+. The molecule has 1 amide bonds. The Morgan fingerprint density at radius 3 is 2.52 bits per heavy atom. The molecule has 0 aromatic heterocycles. The molecule has 0 spiro atoms. The van der Waals surface area contributed by atoms with Crippen molar-refractivity contribution in [1.82, 2.24) is 10.6 Å². The highest BCUT2D eigenvalue weighted by atomic mass is 16.1.